The maximum atomic E-state index is 9.60. The monoisotopic (exact) mass is 321 g/mol. The van der Waals surface area contributed by atoms with E-state index in [4.69, 9.17) is 12.2 Å². The zero-order chi connectivity index (χ0) is 17.0. The first kappa shape index (κ1) is 20.3. The molecule has 0 heterocycles. The Morgan fingerprint density at radius 1 is 1.41 bits per heavy atom. The van der Waals surface area contributed by atoms with E-state index in [2.05, 4.69) is 44.0 Å². The molecule has 0 aliphatic carbocycles. The molecular weight excluding hydrogens is 294 g/mol. The van der Waals surface area contributed by atoms with Gasteiger partial charge in [0, 0.05) is 17.8 Å². The van der Waals surface area contributed by atoms with Gasteiger partial charge in [0.05, 0.1) is 12.3 Å². The van der Waals surface area contributed by atoms with Gasteiger partial charge in [0.15, 0.2) is 0 Å². The highest BCUT2D eigenvalue weighted by Gasteiger charge is 2.08. The summed E-state index contributed by atoms with van der Waals surface area (Å²) in [5.41, 5.74) is 4.86. The van der Waals surface area contributed by atoms with E-state index in [0.717, 1.165) is 12.0 Å². The van der Waals surface area contributed by atoms with Crippen LogP contribution >= 0.6 is 12.2 Å². The summed E-state index contributed by atoms with van der Waals surface area (Å²) in [4.78, 5) is 0. The molecule has 0 saturated carbocycles. The number of hydrazone groups is 1. The third-order valence-corrected chi connectivity index (χ3v) is 2.68. The van der Waals surface area contributed by atoms with Gasteiger partial charge in [0.25, 0.3) is 0 Å². The summed E-state index contributed by atoms with van der Waals surface area (Å²) in [5, 5.41) is 16.7. The summed E-state index contributed by atoms with van der Waals surface area (Å²) in [6.45, 7) is 12.0. The number of nitrogens with zero attached hydrogens (tertiary/aromatic N) is 2. The van der Waals surface area contributed by atoms with Crippen LogP contribution in [0.2, 0.25) is 0 Å². The highest BCUT2D eigenvalue weighted by atomic mass is 32.1. The quantitative estimate of drug-likeness (QED) is 0.223. The fraction of sp³-hybridized carbons (Fsp3) is 0.412. The third-order valence-electron chi connectivity index (χ3n) is 2.52. The molecule has 0 spiro atoms. The first-order chi connectivity index (χ1) is 10.3. The van der Waals surface area contributed by atoms with E-state index >= 15 is 0 Å². The molecule has 4 nitrogen and oxygen atoms in total. The molecule has 0 amide bonds. The molecule has 0 aliphatic rings. The van der Waals surface area contributed by atoms with E-state index in [1.807, 2.05) is 13.0 Å². The van der Waals surface area contributed by atoms with Crippen LogP contribution in [0.15, 0.2) is 53.5 Å². The second kappa shape index (κ2) is 10.9. The Kier molecular flexibility index (Phi) is 10.1. The molecule has 22 heavy (non-hydrogen) atoms. The number of hydrogen-bond donors (Lipinski definition) is 2. The number of rotatable bonds is 9. The Labute approximate surface area is 139 Å². The molecule has 5 heteroatoms. The summed E-state index contributed by atoms with van der Waals surface area (Å²) in [5.74, 6) is 0. The van der Waals surface area contributed by atoms with E-state index in [1.54, 1.807) is 18.4 Å². The lowest BCUT2D eigenvalue weighted by atomic mass is 9.91. The summed E-state index contributed by atoms with van der Waals surface area (Å²) < 4.78 is 0. The van der Waals surface area contributed by atoms with Crippen LogP contribution in [-0.2, 0) is 0 Å². The van der Waals surface area contributed by atoms with Crippen molar-refractivity contribution in [1.29, 1.82) is 0 Å². The Bertz CT molecular complexity index is 471. The van der Waals surface area contributed by atoms with Gasteiger partial charge in [0.2, 0.25) is 0 Å². The van der Waals surface area contributed by atoms with Gasteiger partial charge < -0.3 is 5.11 Å². The van der Waals surface area contributed by atoms with Crippen molar-refractivity contribution in [2.24, 2.45) is 10.5 Å². The largest absolute Gasteiger partial charge is 0.390 e. The van der Waals surface area contributed by atoms with Crippen molar-refractivity contribution in [3.8, 4) is 0 Å². The Morgan fingerprint density at radius 3 is 2.59 bits per heavy atom. The first-order valence-corrected chi connectivity index (χ1v) is 7.61. The first-order valence-electron chi connectivity index (χ1n) is 7.14. The molecule has 0 aromatic rings. The molecule has 2 N–H and O–H groups in total. The Hall–Kier alpha value is -1.72. The molecule has 0 aromatic carbocycles. The SMILES string of the molecule is C=C/C=N/N(NC=CC=S)/C(=C/C(C)=C\CC(C)(C)C)CO. The van der Waals surface area contributed by atoms with Crippen molar-refractivity contribution >= 4 is 23.8 Å². The van der Waals surface area contributed by atoms with Gasteiger partial charge in [-0.1, -0.05) is 51.2 Å². The van der Waals surface area contributed by atoms with E-state index in [0.29, 0.717) is 5.70 Å². The molecule has 0 bridgehead atoms. The minimum absolute atomic E-state index is 0.145. The van der Waals surface area contributed by atoms with Crippen LogP contribution in [0.1, 0.15) is 34.1 Å². The zero-order valence-electron chi connectivity index (χ0n) is 13.9. The van der Waals surface area contributed by atoms with Crippen LogP contribution in [0.25, 0.3) is 0 Å². The van der Waals surface area contributed by atoms with Crippen molar-refractivity contribution in [1.82, 2.24) is 10.5 Å². The lowest BCUT2D eigenvalue weighted by molar-refractivity contribution is 0.228. The molecule has 0 rings (SSSR count). The molecule has 0 aliphatic heterocycles. The van der Waals surface area contributed by atoms with Gasteiger partial charge in [-0.15, -0.1) is 0 Å². The Balaban J connectivity index is 5.21. The smallest absolute Gasteiger partial charge is 0.0870 e. The van der Waals surface area contributed by atoms with Crippen LogP contribution in [0.3, 0.4) is 0 Å². The number of nitrogens with one attached hydrogen (secondary N) is 1. The van der Waals surface area contributed by atoms with Crippen LogP contribution in [0.5, 0.6) is 0 Å². The number of allylic oxidation sites excluding steroid dienone is 5. The third kappa shape index (κ3) is 10.1. The van der Waals surface area contributed by atoms with Crippen molar-refractivity contribution in [2.75, 3.05) is 6.61 Å². The second-order valence-electron chi connectivity index (χ2n) is 5.94. The molecule has 0 unspecified atom stereocenters. The summed E-state index contributed by atoms with van der Waals surface area (Å²) >= 11 is 4.73. The second-order valence-corrected chi connectivity index (χ2v) is 6.22. The summed E-state index contributed by atoms with van der Waals surface area (Å²) in [6.07, 6.45) is 11.4. The summed E-state index contributed by atoms with van der Waals surface area (Å²) in [6, 6.07) is 0. The maximum Gasteiger partial charge on any atom is 0.0870 e. The van der Waals surface area contributed by atoms with Gasteiger partial charge in [0.1, 0.15) is 0 Å². The zero-order valence-corrected chi connectivity index (χ0v) is 14.7. The standard InChI is InChI=1S/C17H27N3OS/c1-6-10-18-20(19-11-7-12-22)16(14-21)13-15(2)8-9-17(3,4)5/h6-8,10-13,19,21H,1,9,14H2,2-5H3/b11-7?,15-8-,16-13+,18-10+. The number of thiocarbonyl (C=S) groups is 1. The lowest BCUT2D eigenvalue weighted by Crippen LogP contribution is -2.30. The van der Waals surface area contributed by atoms with E-state index in [9.17, 15) is 5.11 Å². The predicted octanol–water partition coefficient (Wildman–Crippen LogP) is 3.74. The van der Waals surface area contributed by atoms with Crippen molar-refractivity contribution in [2.45, 2.75) is 34.1 Å². The topological polar surface area (TPSA) is 47.9 Å². The minimum atomic E-state index is -0.145. The normalized spacial score (nSPS) is 13.7. The molecule has 122 valence electrons. The summed E-state index contributed by atoms with van der Waals surface area (Å²) in [7, 11) is 0. The van der Waals surface area contributed by atoms with Crippen molar-refractivity contribution < 1.29 is 5.11 Å². The van der Waals surface area contributed by atoms with Crippen LogP contribution in [0, 0.1) is 5.41 Å². The molecule has 0 saturated heterocycles. The number of hydrogen-bond acceptors (Lipinski definition) is 5. The predicted molar refractivity (Wildman–Crippen MR) is 99.5 cm³/mol. The number of hydrazine groups is 1. The van der Waals surface area contributed by atoms with Crippen LogP contribution in [-0.4, -0.2) is 28.4 Å². The fourth-order valence-electron chi connectivity index (χ4n) is 1.42. The van der Waals surface area contributed by atoms with Gasteiger partial charge in [-0.2, -0.15) is 10.2 Å². The van der Waals surface area contributed by atoms with Gasteiger partial charge >= 0.3 is 0 Å². The molecule has 0 fully saturated rings. The number of aliphatic hydroxyl groups excluding tert-OH is 1. The molecule has 0 aromatic heterocycles. The van der Waals surface area contributed by atoms with Gasteiger partial charge in [-0.3, -0.25) is 5.43 Å². The van der Waals surface area contributed by atoms with E-state index in [-0.39, 0.29) is 12.0 Å². The fourth-order valence-corrected chi connectivity index (χ4v) is 1.50. The highest BCUT2D eigenvalue weighted by Crippen LogP contribution is 2.20. The van der Waals surface area contributed by atoms with Crippen LogP contribution in [0.4, 0.5) is 0 Å². The molecule has 0 radical (unpaired) electrons. The average molecular weight is 321 g/mol. The lowest BCUT2D eigenvalue weighted by Gasteiger charge is -2.20. The van der Waals surface area contributed by atoms with Crippen molar-refractivity contribution in [3.05, 3.63) is 48.4 Å². The number of aliphatic hydroxyl groups is 1. The molecular formula is C17H27N3OS. The highest BCUT2D eigenvalue weighted by molar-refractivity contribution is 7.79. The van der Waals surface area contributed by atoms with Gasteiger partial charge in [-0.05, 0) is 37.0 Å². The van der Waals surface area contributed by atoms with Crippen molar-refractivity contribution in [3.63, 3.8) is 0 Å². The van der Waals surface area contributed by atoms with Crippen LogP contribution < -0.4 is 5.43 Å². The average Bonchev–Trinajstić information content (AvgIpc) is 2.46. The Morgan fingerprint density at radius 2 is 2.09 bits per heavy atom. The maximum absolute atomic E-state index is 9.60. The molecule has 0 atom stereocenters. The minimum Gasteiger partial charge on any atom is -0.390 e. The van der Waals surface area contributed by atoms with Gasteiger partial charge in [-0.25, -0.2) is 0 Å². The van der Waals surface area contributed by atoms with E-state index in [1.165, 1.54) is 16.7 Å². The van der Waals surface area contributed by atoms with E-state index < -0.39 is 0 Å².